The van der Waals surface area contributed by atoms with Crippen LogP contribution >= 0.6 is 43.2 Å². The van der Waals surface area contributed by atoms with Crippen LogP contribution in [0.2, 0.25) is 0 Å². The summed E-state index contributed by atoms with van der Waals surface area (Å²) in [5.41, 5.74) is 0. The molecule has 18 heavy (non-hydrogen) atoms. The third kappa shape index (κ3) is 3.56. The molecule has 3 nitrogen and oxygen atoms in total. The number of rotatable bonds is 3. The zero-order valence-corrected chi connectivity index (χ0v) is 14.1. The molecule has 1 saturated heterocycles. The monoisotopic (exact) mass is 395 g/mol. The number of hydrogen-bond donors (Lipinski definition) is 0. The van der Waals surface area contributed by atoms with E-state index in [-0.39, 0.29) is 5.91 Å². The van der Waals surface area contributed by atoms with E-state index >= 15 is 0 Å². The number of amides is 1. The highest BCUT2D eigenvalue weighted by Gasteiger charge is 2.21. The van der Waals surface area contributed by atoms with Crippen molar-refractivity contribution in [3.63, 3.8) is 0 Å². The summed E-state index contributed by atoms with van der Waals surface area (Å²) < 4.78 is 7.34. The van der Waals surface area contributed by atoms with Crippen molar-refractivity contribution in [2.75, 3.05) is 26.8 Å². The lowest BCUT2D eigenvalue weighted by molar-refractivity contribution is 0.0390. The van der Waals surface area contributed by atoms with Gasteiger partial charge in [-0.05, 0) is 56.7 Å². The maximum Gasteiger partial charge on any atom is 0.263 e. The second-order valence-corrected chi connectivity index (χ2v) is 7.73. The van der Waals surface area contributed by atoms with Gasteiger partial charge in [0.05, 0.1) is 15.3 Å². The minimum Gasteiger partial charge on any atom is -0.381 e. The molecule has 1 aliphatic heterocycles. The molecule has 0 aromatic carbocycles. The van der Waals surface area contributed by atoms with Gasteiger partial charge in [-0.1, -0.05) is 0 Å². The molecular weight excluding hydrogens is 382 g/mol. The number of carbonyl (C=O) groups is 1. The summed E-state index contributed by atoms with van der Waals surface area (Å²) in [5, 5.41) is 0. The molecule has 1 amide bonds. The largest absolute Gasteiger partial charge is 0.381 e. The number of carbonyl (C=O) groups excluding carboxylic acids is 1. The van der Waals surface area contributed by atoms with Gasteiger partial charge in [-0.15, -0.1) is 11.3 Å². The van der Waals surface area contributed by atoms with Crippen molar-refractivity contribution in [3.05, 3.63) is 19.2 Å². The Morgan fingerprint density at radius 2 is 2.39 bits per heavy atom. The summed E-state index contributed by atoms with van der Waals surface area (Å²) in [7, 11) is 1.86. The first-order valence-corrected chi connectivity index (χ1v) is 8.26. The normalized spacial score (nSPS) is 19.8. The molecule has 1 aliphatic rings. The first-order valence-electron chi connectivity index (χ1n) is 5.86. The minimum atomic E-state index is 0.0805. The van der Waals surface area contributed by atoms with E-state index in [9.17, 15) is 4.79 Å². The summed E-state index contributed by atoms with van der Waals surface area (Å²) in [6.07, 6.45) is 2.25. The van der Waals surface area contributed by atoms with Gasteiger partial charge in [0.25, 0.3) is 5.91 Å². The molecular formula is C12H15Br2NO2S. The molecule has 0 saturated carbocycles. The lowest BCUT2D eigenvalue weighted by Gasteiger charge is -2.26. The molecule has 1 aromatic heterocycles. The molecule has 0 N–H and O–H groups in total. The van der Waals surface area contributed by atoms with Crippen LogP contribution in [-0.2, 0) is 4.74 Å². The van der Waals surface area contributed by atoms with Gasteiger partial charge in [0.2, 0.25) is 0 Å². The third-order valence-corrected chi connectivity index (χ3v) is 6.23. The van der Waals surface area contributed by atoms with E-state index in [1.54, 1.807) is 4.90 Å². The van der Waals surface area contributed by atoms with Gasteiger partial charge in [0.15, 0.2) is 0 Å². The van der Waals surface area contributed by atoms with E-state index in [0.717, 1.165) is 45.7 Å². The Morgan fingerprint density at radius 3 is 2.94 bits per heavy atom. The van der Waals surface area contributed by atoms with Crippen LogP contribution in [-0.4, -0.2) is 37.6 Å². The van der Waals surface area contributed by atoms with E-state index in [2.05, 4.69) is 31.9 Å². The summed E-state index contributed by atoms with van der Waals surface area (Å²) in [6.45, 7) is 2.40. The average Bonchev–Trinajstić information content (AvgIpc) is 2.70. The quantitative estimate of drug-likeness (QED) is 0.778. The molecule has 2 rings (SSSR count). The molecule has 0 bridgehead atoms. The first kappa shape index (κ1) is 14.5. The topological polar surface area (TPSA) is 29.5 Å². The number of halogens is 2. The third-order valence-electron chi connectivity index (χ3n) is 2.99. The minimum absolute atomic E-state index is 0.0805. The Hall–Kier alpha value is 0.0900. The Kier molecular flexibility index (Phi) is 5.24. The zero-order valence-electron chi connectivity index (χ0n) is 10.1. The van der Waals surface area contributed by atoms with Gasteiger partial charge in [-0.2, -0.15) is 0 Å². The van der Waals surface area contributed by atoms with E-state index in [1.807, 2.05) is 13.1 Å². The molecule has 1 unspecified atom stereocenters. The standard InChI is InChI=1S/C12H15Br2NO2S/c1-15(6-8-3-2-4-17-7-8)12(16)10-5-9(13)11(14)18-10/h5,8H,2-4,6-7H2,1H3. The molecule has 0 radical (unpaired) electrons. The van der Waals surface area contributed by atoms with Crippen LogP contribution < -0.4 is 0 Å². The predicted molar refractivity (Wildman–Crippen MR) is 80.2 cm³/mol. The van der Waals surface area contributed by atoms with E-state index in [1.165, 1.54) is 11.3 Å². The Labute approximate surface area is 128 Å². The van der Waals surface area contributed by atoms with E-state index in [4.69, 9.17) is 4.74 Å². The molecule has 1 fully saturated rings. The highest BCUT2D eigenvalue weighted by atomic mass is 79.9. The van der Waals surface area contributed by atoms with Gasteiger partial charge in [0, 0.05) is 24.7 Å². The summed E-state index contributed by atoms with van der Waals surface area (Å²) in [6, 6.07) is 1.87. The number of nitrogens with zero attached hydrogens (tertiary/aromatic N) is 1. The van der Waals surface area contributed by atoms with Gasteiger partial charge < -0.3 is 9.64 Å². The van der Waals surface area contributed by atoms with Crippen molar-refractivity contribution in [1.29, 1.82) is 0 Å². The van der Waals surface area contributed by atoms with Gasteiger partial charge in [-0.25, -0.2) is 0 Å². The number of hydrogen-bond acceptors (Lipinski definition) is 3. The van der Waals surface area contributed by atoms with Gasteiger partial charge in [0.1, 0.15) is 0 Å². The Bertz CT molecular complexity index is 410. The average molecular weight is 397 g/mol. The Morgan fingerprint density at radius 1 is 1.61 bits per heavy atom. The van der Waals surface area contributed by atoms with E-state index < -0.39 is 0 Å². The smallest absolute Gasteiger partial charge is 0.263 e. The predicted octanol–water partition coefficient (Wildman–Crippen LogP) is 3.77. The van der Waals surface area contributed by atoms with Crippen LogP contribution in [0.5, 0.6) is 0 Å². The van der Waals surface area contributed by atoms with Gasteiger partial charge >= 0.3 is 0 Å². The molecule has 1 aromatic rings. The second-order valence-electron chi connectivity index (χ2n) is 4.50. The molecule has 100 valence electrons. The van der Waals surface area contributed by atoms with Crippen LogP contribution in [0.15, 0.2) is 14.3 Å². The van der Waals surface area contributed by atoms with Crippen LogP contribution in [0.25, 0.3) is 0 Å². The summed E-state index contributed by atoms with van der Waals surface area (Å²) in [5.74, 6) is 0.552. The van der Waals surface area contributed by atoms with Crippen LogP contribution in [0, 0.1) is 5.92 Å². The maximum atomic E-state index is 12.2. The van der Waals surface area contributed by atoms with Crippen molar-refractivity contribution in [2.45, 2.75) is 12.8 Å². The van der Waals surface area contributed by atoms with Crippen LogP contribution in [0.3, 0.4) is 0 Å². The molecule has 0 aliphatic carbocycles. The number of ether oxygens (including phenoxy) is 1. The highest BCUT2D eigenvalue weighted by Crippen LogP contribution is 2.33. The molecule has 2 heterocycles. The van der Waals surface area contributed by atoms with Crippen LogP contribution in [0.4, 0.5) is 0 Å². The fourth-order valence-corrected chi connectivity index (χ4v) is 4.09. The molecule has 1 atom stereocenters. The Balaban J connectivity index is 1.95. The molecule has 0 spiro atoms. The van der Waals surface area contributed by atoms with Crippen molar-refractivity contribution in [1.82, 2.24) is 4.90 Å². The zero-order chi connectivity index (χ0) is 13.1. The molecule has 6 heteroatoms. The fourth-order valence-electron chi connectivity index (χ4n) is 2.06. The van der Waals surface area contributed by atoms with Crippen molar-refractivity contribution < 1.29 is 9.53 Å². The summed E-state index contributed by atoms with van der Waals surface area (Å²) >= 11 is 8.28. The SMILES string of the molecule is CN(CC1CCCOC1)C(=O)c1cc(Br)c(Br)s1. The second kappa shape index (κ2) is 6.50. The van der Waals surface area contributed by atoms with Crippen molar-refractivity contribution in [3.8, 4) is 0 Å². The van der Waals surface area contributed by atoms with Crippen molar-refractivity contribution in [2.24, 2.45) is 5.92 Å². The van der Waals surface area contributed by atoms with E-state index in [0.29, 0.717) is 5.92 Å². The fraction of sp³-hybridized carbons (Fsp3) is 0.583. The highest BCUT2D eigenvalue weighted by molar-refractivity contribution is 9.13. The number of thiophene rings is 1. The first-order chi connectivity index (χ1) is 8.58. The maximum absolute atomic E-state index is 12.2. The van der Waals surface area contributed by atoms with Crippen molar-refractivity contribution >= 4 is 49.1 Å². The summed E-state index contributed by atoms with van der Waals surface area (Å²) in [4.78, 5) is 14.8. The van der Waals surface area contributed by atoms with Crippen LogP contribution in [0.1, 0.15) is 22.5 Å². The van der Waals surface area contributed by atoms with Gasteiger partial charge in [-0.3, -0.25) is 4.79 Å². The lowest BCUT2D eigenvalue weighted by Crippen LogP contribution is -2.34. The lowest BCUT2D eigenvalue weighted by atomic mass is 10.0.